The maximum Gasteiger partial charge on any atom is 0.303 e. The van der Waals surface area contributed by atoms with Gasteiger partial charge in [0.05, 0.1) is 6.04 Å². The van der Waals surface area contributed by atoms with Crippen LogP contribution in [-0.4, -0.2) is 41.0 Å². The van der Waals surface area contributed by atoms with Gasteiger partial charge >= 0.3 is 5.97 Å². The molecule has 5 nitrogen and oxygen atoms in total. The number of amides is 1. The van der Waals surface area contributed by atoms with Crippen LogP contribution in [0.3, 0.4) is 0 Å². The number of carboxylic acids is 1. The summed E-state index contributed by atoms with van der Waals surface area (Å²) in [6, 6.07) is -0.187. The van der Waals surface area contributed by atoms with Crippen molar-refractivity contribution in [3.05, 3.63) is 0 Å². The van der Waals surface area contributed by atoms with Gasteiger partial charge in [0, 0.05) is 6.42 Å². The molecule has 1 aliphatic heterocycles. The number of rotatable bonds is 5. The molecule has 0 aliphatic carbocycles. The van der Waals surface area contributed by atoms with Crippen LogP contribution in [0.25, 0.3) is 0 Å². The largest absolute Gasteiger partial charge is 0.481 e. The number of hydrogen-bond acceptors (Lipinski definition) is 3. The Labute approximate surface area is 89.2 Å². The molecule has 1 amide bonds. The van der Waals surface area contributed by atoms with E-state index < -0.39 is 5.97 Å². The molecule has 86 valence electrons. The van der Waals surface area contributed by atoms with E-state index in [4.69, 9.17) is 10.8 Å². The van der Waals surface area contributed by atoms with Crippen LogP contribution in [-0.2, 0) is 9.59 Å². The van der Waals surface area contributed by atoms with Gasteiger partial charge in [0.15, 0.2) is 0 Å². The monoisotopic (exact) mass is 214 g/mol. The van der Waals surface area contributed by atoms with Crippen molar-refractivity contribution < 1.29 is 14.7 Å². The molecule has 1 aliphatic rings. The van der Waals surface area contributed by atoms with Gasteiger partial charge in [-0.05, 0) is 32.4 Å². The number of carbonyl (C=O) groups excluding carboxylic acids is 1. The third-order valence-electron chi connectivity index (χ3n) is 2.78. The Morgan fingerprint density at radius 3 is 2.73 bits per heavy atom. The lowest BCUT2D eigenvalue weighted by Crippen LogP contribution is -2.47. The van der Waals surface area contributed by atoms with Crippen molar-refractivity contribution in [3.63, 3.8) is 0 Å². The lowest BCUT2D eigenvalue weighted by Gasteiger charge is -2.33. The standard InChI is InChI=1S/C10H18N2O3/c11-10(15)8-4-1-2-6-12(8)7-3-5-9(13)14/h8H,1-7H2,(H2,11,15)(H,13,14). The zero-order chi connectivity index (χ0) is 11.3. The molecule has 0 radical (unpaired) electrons. The molecule has 1 heterocycles. The molecule has 0 spiro atoms. The number of aliphatic carboxylic acids is 1. The highest BCUT2D eigenvalue weighted by molar-refractivity contribution is 5.79. The summed E-state index contributed by atoms with van der Waals surface area (Å²) in [6.45, 7) is 1.51. The van der Waals surface area contributed by atoms with Crippen LogP contribution in [0.4, 0.5) is 0 Å². The van der Waals surface area contributed by atoms with E-state index in [-0.39, 0.29) is 18.4 Å². The van der Waals surface area contributed by atoms with E-state index >= 15 is 0 Å². The molecule has 0 aromatic rings. The summed E-state index contributed by atoms with van der Waals surface area (Å²) in [6.07, 6.45) is 3.64. The van der Waals surface area contributed by atoms with Crippen molar-refractivity contribution in [3.8, 4) is 0 Å². The topological polar surface area (TPSA) is 83.6 Å². The van der Waals surface area contributed by atoms with E-state index in [1.54, 1.807) is 0 Å². The highest BCUT2D eigenvalue weighted by Gasteiger charge is 2.26. The van der Waals surface area contributed by atoms with Crippen molar-refractivity contribution in [1.82, 2.24) is 4.90 Å². The van der Waals surface area contributed by atoms with Gasteiger partial charge < -0.3 is 10.8 Å². The van der Waals surface area contributed by atoms with Crippen LogP contribution in [0.1, 0.15) is 32.1 Å². The molecule has 15 heavy (non-hydrogen) atoms. The van der Waals surface area contributed by atoms with E-state index in [0.29, 0.717) is 13.0 Å². The molecular formula is C10H18N2O3. The number of carbonyl (C=O) groups is 2. The van der Waals surface area contributed by atoms with E-state index in [1.807, 2.05) is 4.90 Å². The number of piperidine rings is 1. The van der Waals surface area contributed by atoms with Crippen molar-refractivity contribution in [2.75, 3.05) is 13.1 Å². The first-order chi connectivity index (χ1) is 7.11. The number of hydrogen-bond donors (Lipinski definition) is 2. The molecular weight excluding hydrogens is 196 g/mol. The number of nitrogens with zero attached hydrogens (tertiary/aromatic N) is 1. The summed E-state index contributed by atoms with van der Waals surface area (Å²) in [5.74, 6) is -1.08. The Balaban J connectivity index is 2.36. The second-order valence-corrected chi connectivity index (χ2v) is 3.95. The van der Waals surface area contributed by atoms with Crippen LogP contribution in [0.2, 0.25) is 0 Å². The average molecular weight is 214 g/mol. The molecule has 1 rings (SSSR count). The van der Waals surface area contributed by atoms with Gasteiger partial charge in [0.1, 0.15) is 0 Å². The van der Waals surface area contributed by atoms with Gasteiger partial charge in [-0.2, -0.15) is 0 Å². The summed E-state index contributed by atoms with van der Waals surface area (Å²) < 4.78 is 0. The van der Waals surface area contributed by atoms with Crippen LogP contribution in [0.5, 0.6) is 0 Å². The third kappa shape index (κ3) is 3.87. The minimum absolute atomic E-state index is 0.155. The quantitative estimate of drug-likeness (QED) is 0.684. The summed E-state index contributed by atoms with van der Waals surface area (Å²) in [5.41, 5.74) is 5.29. The van der Waals surface area contributed by atoms with Crippen molar-refractivity contribution in [2.24, 2.45) is 5.73 Å². The zero-order valence-corrected chi connectivity index (χ0v) is 8.82. The summed E-state index contributed by atoms with van der Waals surface area (Å²) in [7, 11) is 0. The predicted octanol–water partition coefficient (Wildman–Crippen LogP) is 0.191. The smallest absolute Gasteiger partial charge is 0.303 e. The van der Waals surface area contributed by atoms with E-state index in [1.165, 1.54) is 0 Å². The van der Waals surface area contributed by atoms with Gasteiger partial charge in [-0.15, -0.1) is 0 Å². The first-order valence-corrected chi connectivity index (χ1v) is 5.36. The van der Waals surface area contributed by atoms with E-state index in [9.17, 15) is 9.59 Å². The second-order valence-electron chi connectivity index (χ2n) is 3.95. The average Bonchev–Trinajstić information content (AvgIpc) is 2.17. The minimum atomic E-state index is -0.789. The van der Waals surface area contributed by atoms with Crippen LogP contribution < -0.4 is 5.73 Å². The summed E-state index contributed by atoms with van der Waals surface area (Å²) in [4.78, 5) is 23.5. The maximum atomic E-state index is 11.1. The molecule has 1 fully saturated rings. The number of primary amides is 1. The van der Waals surface area contributed by atoms with Gasteiger partial charge in [0.2, 0.25) is 5.91 Å². The lowest BCUT2D eigenvalue weighted by atomic mass is 10.0. The zero-order valence-electron chi connectivity index (χ0n) is 8.82. The Morgan fingerprint density at radius 2 is 2.13 bits per heavy atom. The Hall–Kier alpha value is -1.10. The van der Waals surface area contributed by atoms with E-state index in [0.717, 1.165) is 25.8 Å². The fourth-order valence-electron chi connectivity index (χ4n) is 2.01. The highest BCUT2D eigenvalue weighted by Crippen LogP contribution is 2.17. The fourth-order valence-corrected chi connectivity index (χ4v) is 2.01. The van der Waals surface area contributed by atoms with Crippen molar-refractivity contribution >= 4 is 11.9 Å². The van der Waals surface area contributed by atoms with Gasteiger partial charge in [-0.1, -0.05) is 6.42 Å². The fraction of sp³-hybridized carbons (Fsp3) is 0.800. The molecule has 0 aromatic carbocycles. The second kappa shape index (κ2) is 5.70. The summed E-state index contributed by atoms with van der Waals surface area (Å²) in [5, 5.41) is 8.51. The number of nitrogens with two attached hydrogens (primary N) is 1. The number of carboxylic acid groups (broad SMARTS) is 1. The maximum absolute atomic E-state index is 11.1. The van der Waals surface area contributed by atoms with Gasteiger partial charge in [-0.25, -0.2) is 0 Å². The molecule has 1 saturated heterocycles. The molecule has 3 N–H and O–H groups in total. The van der Waals surface area contributed by atoms with Gasteiger partial charge in [0.25, 0.3) is 0 Å². The Bertz CT molecular complexity index is 243. The molecule has 1 atom stereocenters. The minimum Gasteiger partial charge on any atom is -0.481 e. The van der Waals surface area contributed by atoms with E-state index in [2.05, 4.69) is 0 Å². The van der Waals surface area contributed by atoms with Crippen LogP contribution in [0.15, 0.2) is 0 Å². The highest BCUT2D eigenvalue weighted by atomic mass is 16.4. The molecule has 5 heteroatoms. The molecule has 1 unspecified atom stereocenters. The third-order valence-corrected chi connectivity index (χ3v) is 2.78. The number of likely N-dealkylation sites (tertiary alicyclic amines) is 1. The first-order valence-electron chi connectivity index (χ1n) is 5.36. The van der Waals surface area contributed by atoms with Crippen LogP contribution >= 0.6 is 0 Å². The first kappa shape index (κ1) is 12.0. The normalized spacial score (nSPS) is 22.5. The molecule has 0 saturated carbocycles. The van der Waals surface area contributed by atoms with Crippen molar-refractivity contribution in [2.45, 2.75) is 38.1 Å². The van der Waals surface area contributed by atoms with Crippen LogP contribution in [0, 0.1) is 0 Å². The lowest BCUT2D eigenvalue weighted by molar-refractivity contribution is -0.137. The Morgan fingerprint density at radius 1 is 1.40 bits per heavy atom. The Kier molecular flexibility index (Phi) is 4.55. The van der Waals surface area contributed by atoms with Crippen molar-refractivity contribution in [1.29, 1.82) is 0 Å². The SMILES string of the molecule is NC(=O)C1CCCCN1CCCC(=O)O. The van der Waals surface area contributed by atoms with Gasteiger partial charge in [-0.3, -0.25) is 14.5 Å². The summed E-state index contributed by atoms with van der Waals surface area (Å²) >= 11 is 0. The molecule has 0 aromatic heterocycles. The molecule has 0 bridgehead atoms. The predicted molar refractivity (Wildman–Crippen MR) is 55.3 cm³/mol.